The molecule has 2 aliphatic heterocycles. The van der Waals surface area contributed by atoms with E-state index in [1.54, 1.807) is 13.4 Å². The maximum absolute atomic E-state index is 5.98. The van der Waals surface area contributed by atoms with Crippen molar-refractivity contribution >= 4 is 5.82 Å². The van der Waals surface area contributed by atoms with E-state index in [9.17, 15) is 0 Å². The topological polar surface area (TPSA) is 50.7 Å². The van der Waals surface area contributed by atoms with Crippen molar-refractivity contribution in [2.24, 2.45) is 5.92 Å². The van der Waals surface area contributed by atoms with Crippen molar-refractivity contribution in [3.8, 4) is 5.75 Å². The van der Waals surface area contributed by atoms with Crippen LogP contribution in [-0.4, -0.2) is 61.8 Å². The first-order valence-electron chi connectivity index (χ1n) is 10.2. The molecule has 6 heteroatoms. The minimum atomic E-state index is 0.504. The summed E-state index contributed by atoms with van der Waals surface area (Å²) in [6.45, 7) is 5.65. The van der Waals surface area contributed by atoms with E-state index in [2.05, 4.69) is 38.9 Å². The van der Waals surface area contributed by atoms with Gasteiger partial charge >= 0.3 is 0 Å². The third-order valence-corrected chi connectivity index (χ3v) is 5.82. The predicted octanol–water partition coefficient (Wildman–Crippen LogP) is 2.75. The molecule has 2 aromatic rings. The Labute approximate surface area is 167 Å². The zero-order valence-corrected chi connectivity index (χ0v) is 16.9. The first kappa shape index (κ1) is 19.2. The van der Waals surface area contributed by atoms with Crippen molar-refractivity contribution in [2.75, 3.05) is 51.8 Å². The molecule has 2 aliphatic rings. The molecule has 0 unspecified atom stereocenters. The van der Waals surface area contributed by atoms with E-state index in [1.807, 2.05) is 12.1 Å². The van der Waals surface area contributed by atoms with Crippen molar-refractivity contribution in [3.05, 3.63) is 47.4 Å². The van der Waals surface area contributed by atoms with Gasteiger partial charge in [-0.3, -0.25) is 0 Å². The summed E-state index contributed by atoms with van der Waals surface area (Å²) in [5.74, 6) is 2.64. The Balaban J connectivity index is 1.49. The average molecular weight is 383 g/mol. The van der Waals surface area contributed by atoms with E-state index in [0.717, 1.165) is 49.9 Å². The highest BCUT2D eigenvalue weighted by molar-refractivity contribution is 5.53. The lowest BCUT2D eigenvalue weighted by molar-refractivity contribution is 0.116. The Bertz CT molecular complexity index is 798. The number of ether oxygens (including phenoxy) is 2. The van der Waals surface area contributed by atoms with Crippen molar-refractivity contribution < 1.29 is 9.47 Å². The minimum absolute atomic E-state index is 0.504. The molecule has 1 aromatic heterocycles. The van der Waals surface area contributed by atoms with Gasteiger partial charge in [-0.2, -0.15) is 0 Å². The standard InChI is InChI=1S/C22H30N4O2/c1-25(13-17-6-5-9-26(14-17)10-11-27-2)22-19-12-18-7-3-4-8-21(18)28-15-20(19)23-16-24-22/h3-4,7-8,16-17H,5-6,9-15H2,1-2H3/t17-/m0/s1. The number of likely N-dealkylation sites (tertiary alicyclic amines) is 1. The van der Waals surface area contributed by atoms with Gasteiger partial charge in [0, 0.05) is 45.8 Å². The molecule has 150 valence electrons. The minimum Gasteiger partial charge on any atom is -0.487 e. The molecule has 6 nitrogen and oxygen atoms in total. The summed E-state index contributed by atoms with van der Waals surface area (Å²) in [6, 6.07) is 8.26. The van der Waals surface area contributed by atoms with Crippen LogP contribution in [0.15, 0.2) is 30.6 Å². The molecule has 0 bridgehead atoms. The Morgan fingerprint density at radius 1 is 1.29 bits per heavy atom. The van der Waals surface area contributed by atoms with Gasteiger partial charge in [-0.25, -0.2) is 9.97 Å². The van der Waals surface area contributed by atoms with E-state index in [4.69, 9.17) is 9.47 Å². The van der Waals surface area contributed by atoms with Crippen LogP contribution in [0.25, 0.3) is 0 Å². The molecule has 4 rings (SSSR count). The summed E-state index contributed by atoms with van der Waals surface area (Å²) in [5, 5.41) is 0. The van der Waals surface area contributed by atoms with Crippen LogP contribution in [0.1, 0.15) is 29.7 Å². The van der Waals surface area contributed by atoms with Gasteiger partial charge in [0.1, 0.15) is 24.5 Å². The number of rotatable bonds is 6. The van der Waals surface area contributed by atoms with E-state index in [0.29, 0.717) is 12.5 Å². The quantitative estimate of drug-likeness (QED) is 0.766. The fourth-order valence-electron chi connectivity index (χ4n) is 4.40. The van der Waals surface area contributed by atoms with Gasteiger partial charge in [0.25, 0.3) is 0 Å². The Kier molecular flexibility index (Phi) is 6.07. The van der Waals surface area contributed by atoms with E-state index in [1.165, 1.54) is 30.5 Å². The number of nitrogens with zero attached hydrogens (tertiary/aromatic N) is 4. The second kappa shape index (κ2) is 8.88. The van der Waals surface area contributed by atoms with Gasteiger partial charge in [-0.05, 0) is 36.9 Å². The molecular weight excluding hydrogens is 352 g/mol. The van der Waals surface area contributed by atoms with Crippen molar-refractivity contribution in [2.45, 2.75) is 25.9 Å². The van der Waals surface area contributed by atoms with Crippen LogP contribution >= 0.6 is 0 Å². The Morgan fingerprint density at radius 2 is 2.18 bits per heavy atom. The SMILES string of the molecule is COCCN1CCC[C@@H](CN(C)c2ncnc3c2Cc2ccccc2OC3)C1. The number of methoxy groups -OCH3 is 1. The summed E-state index contributed by atoms with van der Waals surface area (Å²) in [5.41, 5.74) is 3.40. The van der Waals surface area contributed by atoms with Gasteiger partial charge in [0.15, 0.2) is 0 Å². The maximum Gasteiger partial charge on any atom is 0.135 e. The highest BCUT2D eigenvalue weighted by Crippen LogP contribution is 2.31. The van der Waals surface area contributed by atoms with E-state index >= 15 is 0 Å². The zero-order valence-electron chi connectivity index (χ0n) is 16.9. The van der Waals surface area contributed by atoms with Crippen LogP contribution in [0, 0.1) is 5.92 Å². The van der Waals surface area contributed by atoms with Crippen LogP contribution in [0.5, 0.6) is 5.75 Å². The molecular formula is C22H30N4O2. The Hall–Kier alpha value is -2.18. The molecule has 0 N–H and O–H groups in total. The van der Waals surface area contributed by atoms with Crippen molar-refractivity contribution in [3.63, 3.8) is 0 Å². The summed E-state index contributed by atoms with van der Waals surface area (Å²) >= 11 is 0. The lowest BCUT2D eigenvalue weighted by Gasteiger charge is -2.35. The lowest BCUT2D eigenvalue weighted by atomic mass is 9.97. The summed E-state index contributed by atoms with van der Waals surface area (Å²) < 4.78 is 11.2. The normalized spacial score (nSPS) is 19.3. The van der Waals surface area contributed by atoms with E-state index in [-0.39, 0.29) is 0 Å². The Morgan fingerprint density at radius 3 is 3.07 bits per heavy atom. The van der Waals surface area contributed by atoms with Gasteiger partial charge in [-0.1, -0.05) is 18.2 Å². The first-order chi connectivity index (χ1) is 13.7. The van der Waals surface area contributed by atoms with Gasteiger partial charge in [0.05, 0.1) is 12.3 Å². The second-order valence-electron chi connectivity index (χ2n) is 7.88. The highest BCUT2D eigenvalue weighted by atomic mass is 16.5. The molecule has 0 amide bonds. The van der Waals surface area contributed by atoms with Crippen LogP contribution in [0.3, 0.4) is 0 Å². The summed E-state index contributed by atoms with van der Waals surface area (Å²) in [7, 11) is 3.94. The summed E-state index contributed by atoms with van der Waals surface area (Å²) in [4.78, 5) is 14.0. The monoisotopic (exact) mass is 382 g/mol. The van der Waals surface area contributed by atoms with Crippen LogP contribution in [0.2, 0.25) is 0 Å². The molecule has 0 saturated carbocycles. The highest BCUT2D eigenvalue weighted by Gasteiger charge is 2.24. The van der Waals surface area contributed by atoms with Gasteiger partial charge < -0.3 is 19.3 Å². The number of para-hydroxylation sites is 1. The zero-order chi connectivity index (χ0) is 19.3. The van der Waals surface area contributed by atoms with Gasteiger partial charge in [-0.15, -0.1) is 0 Å². The average Bonchev–Trinajstić information content (AvgIpc) is 2.91. The summed E-state index contributed by atoms with van der Waals surface area (Å²) in [6.07, 6.45) is 5.02. The third kappa shape index (κ3) is 4.28. The molecule has 0 aliphatic carbocycles. The van der Waals surface area contributed by atoms with Crippen LogP contribution < -0.4 is 9.64 Å². The van der Waals surface area contributed by atoms with Crippen molar-refractivity contribution in [1.29, 1.82) is 0 Å². The van der Waals surface area contributed by atoms with Crippen LogP contribution in [-0.2, 0) is 17.8 Å². The molecule has 1 aromatic carbocycles. The third-order valence-electron chi connectivity index (χ3n) is 5.82. The molecule has 0 spiro atoms. The smallest absolute Gasteiger partial charge is 0.135 e. The number of aromatic nitrogens is 2. The number of hydrogen-bond acceptors (Lipinski definition) is 6. The van der Waals surface area contributed by atoms with E-state index < -0.39 is 0 Å². The lowest BCUT2D eigenvalue weighted by Crippen LogP contribution is -2.41. The first-order valence-corrected chi connectivity index (χ1v) is 10.2. The number of hydrogen-bond donors (Lipinski definition) is 0. The number of fused-ring (bicyclic) bond motifs is 2. The molecule has 3 heterocycles. The molecule has 0 radical (unpaired) electrons. The number of benzene rings is 1. The fraction of sp³-hybridized carbons (Fsp3) is 0.545. The second-order valence-corrected chi connectivity index (χ2v) is 7.88. The number of anilines is 1. The molecule has 1 saturated heterocycles. The molecule has 1 fully saturated rings. The molecule has 1 atom stereocenters. The number of piperidine rings is 1. The maximum atomic E-state index is 5.98. The molecule has 28 heavy (non-hydrogen) atoms. The van der Waals surface area contributed by atoms with Crippen LogP contribution in [0.4, 0.5) is 5.82 Å². The fourth-order valence-corrected chi connectivity index (χ4v) is 4.40. The van der Waals surface area contributed by atoms with Gasteiger partial charge in [0.2, 0.25) is 0 Å². The predicted molar refractivity (Wildman–Crippen MR) is 110 cm³/mol. The largest absolute Gasteiger partial charge is 0.487 e. The van der Waals surface area contributed by atoms with Crippen molar-refractivity contribution in [1.82, 2.24) is 14.9 Å².